The number of imide groups is 1. The van der Waals surface area contributed by atoms with Gasteiger partial charge in [0.2, 0.25) is 11.8 Å². The van der Waals surface area contributed by atoms with Crippen LogP contribution in [-0.4, -0.2) is 17.7 Å². The van der Waals surface area contributed by atoms with Gasteiger partial charge in [0, 0.05) is 11.3 Å². The number of hydrogen-bond acceptors (Lipinski definition) is 3. The summed E-state index contributed by atoms with van der Waals surface area (Å²) in [6.45, 7) is 0. The highest BCUT2D eigenvalue weighted by atomic mass is 16.2. The lowest BCUT2D eigenvalue weighted by atomic mass is 9.63. The molecule has 7 rings (SSSR count). The van der Waals surface area contributed by atoms with E-state index in [9.17, 15) is 14.4 Å². The van der Waals surface area contributed by atoms with E-state index in [2.05, 4.69) is 17.5 Å². The minimum Gasteiger partial charge on any atom is -0.322 e. The van der Waals surface area contributed by atoms with Crippen LogP contribution in [0.25, 0.3) is 0 Å². The molecular weight excluding hydrogens is 364 g/mol. The van der Waals surface area contributed by atoms with E-state index in [4.69, 9.17) is 0 Å². The molecule has 0 spiro atoms. The van der Waals surface area contributed by atoms with Crippen LogP contribution in [0.1, 0.15) is 16.8 Å². The zero-order valence-electron chi connectivity index (χ0n) is 15.7. The number of rotatable bonds is 3. The number of nitrogens with zero attached hydrogens (tertiary/aromatic N) is 1. The lowest BCUT2D eigenvalue weighted by Gasteiger charge is -2.37. The van der Waals surface area contributed by atoms with Gasteiger partial charge >= 0.3 is 0 Å². The van der Waals surface area contributed by atoms with Gasteiger partial charge in [-0.2, -0.15) is 0 Å². The van der Waals surface area contributed by atoms with Crippen molar-refractivity contribution in [3.63, 3.8) is 0 Å². The molecule has 3 amide bonds. The van der Waals surface area contributed by atoms with Crippen molar-refractivity contribution in [1.29, 1.82) is 0 Å². The molecule has 0 aromatic heterocycles. The maximum atomic E-state index is 13.2. The van der Waals surface area contributed by atoms with Crippen LogP contribution in [0.5, 0.6) is 0 Å². The molecule has 4 aliphatic carbocycles. The number of carbonyl (C=O) groups excluding carboxylic acids is 3. The third kappa shape index (κ3) is 2.36. The lowest BCUT2D eigenvalue weighted by molar-refractivity contribution is -0.124. The normalized spacial score (nSPS) is 33.4. The zero-order valence-corrected chi connectivity index (χ0v) is 15.7. The molecule has 2 saturated carbocycles. The Kier molecular flexibility index (Phi) is 3.40. The summed E-state index contributed by atoms with van der Waals surface area (Å²) >= 11 is 0. The van der Waals surface area contributed by atoms with Crippen LogP contribution in [0, 0.1) is 35.5 Å². The molecule has 3 fully saturated rings. The fraction of sp³-hybridized carbons (Fsp3) is 0.292. The molecule has 0 radical (unpaired) electrons. The van der Waals surface area contributed by atoms with Gasteiger partial charge < -0.3 is 5.32 Å². The molecule has 1 saturated heterocycles. The molecule has 1 aliphatic heterocycles. The van der Waals surface area contributed by atoms with Crippen LogP contribution in [-0.2, 0) is 9.59 Å². The molecule has 0 unspecified atom stereocenters. The Morgan fingerprint density at radius 3 is 2.00 bits per heavy atom. The number of hydrogen-bond donors (Lipinski definition) is 1. The van der Waals surface area contributed by atoms with Crippen molar-refractivity contribution in [1.82, 2.24) is 0 Å². The van der Waals surface area contributed by atoms with Gasteiger partial charge in [0.25, 0.3) is 5.91 Å². The van der Waals surface area contributed by atoms with Gasteiger partial charge in [-0.25, -0.2) is 0 Å². The molecule has 29 heavy (non-hydrogen) atoms. The monoisotopic (exact) mass is 384 g/mol. The van der Waals surface area contributed by atoms with E-state index in [0.717, 1.165) is 12.1 Å². The Morgan fingerprint density at radius 1 is 0.828 bits per heavy atom. The number of para-hydroxylation sites is 1. The number of allylic oxidation sites excluding steroid dienone is 2. The lowest BCUT2D eigenvalue weighted by Crippen LogP contribution is -2.40. The fourth-order valence-electron chi connectivity index (χ4n) is 5.70. The summed E-state index contributed by atoms with van der Waals surface area (Å²) in [4.78, 5) is 40.1. The first-order valence-corrected chi connectivity index (χ1v) is 10.2. The van der Waals surface area contributed by atoms with Gasteiger partial charge in [-0.15, -0.1) is 0 Å². The predicted octanol–water partition coefficient (Wildman–Crippen LogP) is 3.50. The molecule has 5 heteroatoms. The molecule has 144 valence electrons. The highest BCUT2D eigenvalue weighted by molar-refractivity contribution is 6.22. The third-order valence-electron chi connectivity index (χ3n) is 7.08. The van der Waals surface area contributed by atoms with Gasteiger partial charge in [-0.3, -0.25) is 19.3 Å². The first-order chi connectivity index (χ1) is 14.1. The van der Waals surface area contributed by atoms with Crippen molar-refractivity contribution in [2.75, 3.05) is 10.2 Å². The molecule has 6 atom stereocenters. The quantitative estimate of drug-likeness (QED) is 0.651. The SMILES string of the molecule is O=C(Nc1ccccc1)c1ccc(N2C(=O)[C@@H]3[C@H]4C=C[C@@H]([C@@H]5C[C@@H]45)[C@H]3C2=O)cc1. The molecule has 5 aliphatic rings. The van der Waals surface area contributed by atoms with Crippen LogP contribution in [0.3, 0.4) is 0 Å². The maximum absolute atomic E-state index is 13.2. The minimum atomic E-state index is -0.224. The second kappa shape index (κ2) is 5.89. The summed E-state index contributed by atoms with van der Waals surface area (Å²) in [5.41, 5.74) is 1.76. The van der Waals surface area contributed by atoms with Crippen molar-refractivity contribution in [3.05, 3.63) is 72.3 Å². The van der Waals surface area contributed by atoms with E-state index in [1.165, 1.54) is 4.90 Å². The minimum absolute atomic E-state index is 0.0776. The van der Waals surface area contributed by atoms with Crippen molar-refractivity contribution in [2.24, 2.45) is 35.5 Å². The van der Waals surface area contributed by atoms with Gasteiger partial charge in [0.15, 0.2) is 0 Å². The van der Waals surface area contributed by atoms with Gasteiger partial charge in [-0.1, -0.05) is 30.4 Å². The second-order valence-corrected chi connectivity index (χ2v) is 8.53. The maximum Gasteiger partial charge on any atom is 0.255 e. The number of nitrogens with one attached hydrogen (secondary N) is 1. The summed E-state index contributed by atoms with van der Waals surface area (Å²) < 4.78 is 0. The Hall–Kier alpha value is -3.21. The zero-order chi connectivity index (χ0) is 19.7. The van der Waals surface area contributed by atoms with Crippen LogP contribution in [0.4, 0.5) is 11.4 Å². The highest BCUT2D eigenvalue weighted by Gasteiger charge is 2.67. The summed E-state index contributed by atoms with van der Waals surface area (Å²) in [5.74, 6) is 0.818. The Labute approximate surface area is 168 Å². The van der Waals surface area contributed by atoms with E-state index in [1.807, 2.05) is 30.3 Å². The predicted molar refractivity (Wildman–Crippen MR) is 108 cm³/mol. The average Bonchev–Trinajstić information content (AvgIpc) is 3.53. The number of amides is 3. The molecule has 1 heterocycles. The highest BCUT2D eigenvalue weighted by Crippen LogP contribution is 2.65. The van der Waals surface area contributed by atoms with Crippen LogP contribution in [0.15, 0.2) is 66.7 Å². The molecular formula is C24H20N2O3. The summed E-state index contributed by atoms with van der Waals surface area (Å²) in [5, 5.41) is 2.84. The van der Waals surface area contributed by atoms with E-state index < -0.39 is 0 Å². The van der Waals surface area contributed by atoms with E-state index in [0.29, 0.717) is 23.1 Å². The fourth-order valence-corrected chi connectivity index (χ4v) is 5.70. The summed E-state index contributed by atoms with van der Waals surface area (Å²) in [6, 6.07) is 16.0. The van der Waals surface area contributed by atoms with Gasteiger partial charge in [0.1, 0.15) is 0 Å². The third-order valence-corrected chi connectivity index (χ3v) is 7.08. The van der Waals surface area contributed by atoms with Crippen LogP contribution in [0.2, 0.25) is 0 Å². The molecule has 2 bridgehead atoms. The first-order valence-electron chi connectivity index (χ1n) is 10.2. The Morgan fingerprint density at radius 2 is 1.41 bits per heavy atom. The second-order valence-electron chi connectivity index (χ2n) is 8.53. The molecule has 1 N–H and O–H groups in total. The van der Waals surface area contributed by atoms with Crippen molar-refractivity contribution < 1.29 is 14.4 Å². The van der Waals surface area contributed by atoms with Crippen molar-refractivity contribution in [3.8, 4) is 0 Å². The van der Waals surface area contributed by atoms with Crippen molar-refractivity contribution >= 4 is 29.1 Å². The van der Waals surface area contributed by atoms with Gasteiger partial charge in [-0.05, 0) is 66.5 Å². The smallest absolute Gasteiger partial charge is 0.255 e. The van der Waals surface area contributed by atoms with Crippen LogP contribution < -0.4 is 10.2 Å². The molecule has 2 aromatic rings. The number of anilines is 2. The standard InChI is InChI=1S/C24H20N2O3/c27-22(25-14-4-2-1-3-5-14)13-6-8-15(9-7-13)26-23(28)20-16-10-11-17(19-12-18(16)19)21(20)24(26)29/h1-11,16-21H,12H2,(H,25,27)/t16-,17-,18-,19-,20+,21+/m0/s1. The van der Waals surface area contributed by atoms with E-state index in [-0.39, 0.29) is 41.4 Å². The average molecular weight is 384 g/mol. The van der Waals surface area contributed by atoms with Crippen LogP contribution >= 0.6 is 0 Å². The topological polar surface area (TPSA) is 66.5 Å². The number of benzene rings is 2. The van der Waals surface area contributed by atoms with E-state index >= 15 is 0 Å². The Bertz CT molecular complexity index is 1020. The first kappa shape index (κ1) is 16.7. The van der Waals surface area contributed by atoms with Crippen molar-refractivity contribution in [2.45, 2.75) is 6.42 Å². The molecule has 5 nitrogen and oxygen atoms in total. The largest absolute Gasteiger partial charge is 0.322 e. The number of carbonyl (C=O) groups is 3. The molecule has 2 aromatic carbocycles. The van der Waals surface area contributed by atoms with E-state index in [1.54, 1.807) is 24.3 Å². The Balaban J connectivity index is 1.24. The van der Waals surface area contributed by atoms with Gasteiger partial charge in [0.05, 0.1) is 17.5 Å². The summed E-state index contributed by atoms with van der Waals surface area (Å²) in [6.07, 6.45) is 5.50. The summed E-state index contributed by atoms with van der Waals surface area (Å²) in [7, 11) is 0.